The average Bonchev–Trinajstić information content (AvgIpc) is 2.68. The fourth-order valence-corrected chi connectivity index (χ4v) is 1.77. The maximum Gasteiger partial charge on any atom is 0.153 e. The van der Waals surface area contributed by atoms with Gasteiger partial charge in [-0.2, -0.15) is 5.10 Å². The van der Waals surface area contributed by atoms with Crippen LogP contribution in [0, 0.1) is 6.92 Å². The van der Waals surface area contributed by atoms with Gasteiger partial charge in [0.15, 0.2) is 5.84 Å². The average molecular weight is 239 g/mol. The molecule has 17 heavy (non-hydrogen) atoms. The molecule has 0 amide bonds. The SMILES string of the molecule is CCN(CC(N)=NO)Cc1cc(C)nn1CC. The van der Waals surface area contributed by atoms with Gasteiger partial charge in [-0.15, -0.1) is 0 Å². The van der Waals surface area contributed by atoms with Gasteiger partial charge in [0.2, 0.25) is 0 Å². The summed E-state index contributed by atoms with van der Waals surface area (Å²) in [5.74, 6) is 0.228. The highest BCUT2D eigenvalue weighted by molar-refractivity contribution is 5.81. The highest BCUT2D eigenvalue weighted by atomic mass is 16.4. The number of likely N-dealkylation sites (N-methyl/N-ethyl adjacent to an activating group) is 1. The Hall–Kier alpha value is -1.56. The second-order valence-electron chi connectivity index (χ2n) is 3.99. The molecule has 1 aromatic rings. The molecule has 1 rings (SSSR count). The lowest BCUT2D eigenvalue weighted by molar-refractivity contribution is 0.289. The third-order valence-electron chi connectivity index (χ3n) is 2.63. The lowest BCUT2D eigenvalue weighted by Crippen LogP contribution is -2.34. The number of nitrogens with zero attached hydrogens (tertiary/aromatic N) is 4. The van der Waals surface area contributed by atoms with E-state index in [-0.39, 0.29) is 5.84 Å². The van der Waals surface area contributed by atoms with Gasteiger partial charge in [0.25, 0.3) is 0 Å². The van der Waals surface area contributed by atoms with Crippen molar-refractivity contribution in [3.05, 3.63) is 17.5 Å². The Kier molecular flexibility index (Phi) is 4.96. The van der Waals surface area contributed by atoms with Crippen LogP contribution in [-0.4, -0.2) is 38.8 Å². The number of aromatic nitrogens is 2. The van der Waals surface area contributed by atoms with E-state index >= 15 is 0 Å². The lowest BCUT2D eigenvalue weighted by atomic mass is 10.3. The molecule has 3 N–H and O–H groups in total. The largest absolute Gasteiger partial charge is 0.409 e. The molecule has 0 saturated carbocycles. The van der Waals surface area contributed by atoms with E-state index in [1.54, 1.807) is 0 Å². The zero-order chi connectivity index (χ0) is 12.8. The number of hydrogen-bond donors (Lipinski definition) is 2. The first-order valence-electron chi connectivity index (χ1n) is 5.82. The first-order valence-corrected chi connectivity index (χ1v) is 5.82. The minimum absolute atomic E-state index is 0.228. The summed E-state index contributed by atoms with van der Waals surface area (Å²) in [5.41, 5.74) is 7.68. The lowest BCUT2D eigenvalue weighted by Gasteiger charge is -2.19. The predicted octanol–water partition coefficient (Wildman–Crippen LogP) is 0.780. The van der Waals surface area contributed by atoms with E-state index in [1.807, 2.05) is 18.5 Å². The molecule has 0 aliphatic heterocycles. The smallest absolute Gasteiger partial charge is 0.153 e. The normalized spacial score (nSPS) is 12.4. The maximum absolute atomic E-state index is 8.57. The zero-order valence-electron chi connectivity index (χ0n) is 10.7. The van der Waals surface area contributed by atoms with Crippen LogP contribution in [0.2, 0.25) is 0 Å². The number of oxime groups is 1. The molecule has 96 valence electrons. The van der Waals surface area contributed by atoms with Gasteiger partial charge in [-0.05, 0) is 26.5 Å². The molecule has 0 bridgehead atoms. The molecule has 6 nitrogen and oxygen atoms in total. The Morgan fingerprint density at radius 1 is 1.59 bits per heavy atom. The Labute approximate surface area is 102 Å². The van der Waals surface area contributed by atoms with E-state index in [9.17, 15) is 0 Å². The molecule has 0 aromatic carbocycles. The first kappa shape index (κ1) is 13.5. The van der Waals surface area contributed by atoms with Crippen molar-refractivity contribution in [3.63, 3.8) is 0 Å². The van der Waals surface area contributed by atoms with Crippen LogP contribution in [0.1, 0.15) is 25.2 Å². The summed E-state index contributed by atoms with van der Waals surface area (Å²) >= 11 is 0. The van der Waals surface area contributed by atoms with Crippen LogP contribution in [0.25, 0.3) is 0 Å². The third-order valence-corrected chi connectivity index (χ3v) is 2.63. The van der Waals surface area contributed by atoms with E-state index in [0.717, 1.165) is 31.0 Å². The zero-order valence-corrected chi connectivity index (χ0v) is 10.7. The van der Waals surface area contributed by atoms with Crippen molar-refractivity contribution in [3.8, 4) is 0 Å². The number of amidine groups is 1. The van der Waals surface area contributed by atoms with Crippen LogP contribution in [-0.2, 0) is 13.1 Å². The van der Waals surface area contributed by atoms with Gasteiger partial charge in [-0.3, -0.25) is 9.58 Å². The molecule has 1 aromatic heterocycles. The molecule has 0 saturated heterocycles. The van der Waals surface area contributed by atoms with Gasteiger partial charge in [-0.25, -0.2) is 0 Å². The Bertz CT molecular complexity index is 385. The molecule has 0 unspecified atom stereocenters. The van der Waals surface area contributed by atoms with Crippen LogP contribution in [0.4, 0.5) is 0 Å². The van der Waals surface area contributed by atoms with Crippen molar-refractivity contribution in [1.29, 1.82) is 0 Å². The number of rotatable bonds is 6. The van der Waals surface area contributed by atoms with Crippen molar-refractivity contribution < 1.29 is 5.21 Å². The Balaban J connectivity index is 2.73. The summed E-state index contributed by atoms with van der Waals surface area (Å²) in [5, 5.41) is 16.0. The topological polar surface area (TPSA) is 79.7 Å². The predicted molar refractivity (Wildman–Crippen MR) is 67.0 cm³/mol. The molecule has 0 atom stereocenters. The van der Waals surface area contributed by atoms with E-state index in [0.29, 0.717) is 6.54 Å². The fraction of sp³-hybridized carbons (Fsp3) is 0.636. The van der Waals surface area contributed by atoms with Gasteiger partial charge >= 0.3 is 0 Å². The standard InChI is InChI=1S/C11H21N5O/c1-4-15(8-11(12)14-17)7-10-6-9(3)13-16(10)5-2/h6,17H,4-5,7-8H2,1-3H3,(H2,12,14). The van der Waals surface area contributed by atoms with Crippen LogP contribution < -0.4 is 5.73 Å². The van der Waals surface area contributed by atoms with Crippen molar-refractivity contribution in [1.82, 2.24) is 14.7 Å². The highest BCUT2D eigenvalue weighted by Crippen LogP contribution is 2.07. The number of nitrogens with two attached hydrogens (primary N) is 1. The van der Waals surface area contributed by atoms with Gasteiger partial charge in [0.1, 0.15) is 0 Å². The summed E-state index contributed by atoms with van der Waals surface area (Å²) in [6.07, 6.45) is 0. The van der Waals surface area contributed by atoms with E-state index in [2.05, 4.69) is 28.1 Å². The highest BCUT2D eigenvalue weighted by Gasteiger charge is 2.10. The van der Waals surface area contributed by atoms with Crippen LogP contribution >= 0.6 is 0 Å². The molecule has 6 heteroatoms. The first-order chi connectivity index (χ1) is 8.10. The monoisotopic (exact) mass is 239 g/mol. The second kappa shape index (κ2) is 6.24. The molecule has 0 aliphatic carbocycles. The van der Waals surface area contributed by atoms with Gasteiger partial charge < -0.3 is 10.9 Å². The maximum atomic E-state index is 8.57. The van der Waals surface area contributed by atoms with Crippen molar-refractivity contribution in [2.45, 2.75) is 33.9 Å². The minimum Gasteiger partial charge on any atom is -0.409 e. The van der Waals surface area contributed by atoms with Crippen LogP contribution in [0.3, 0.4) is 0 Å². The Morgan fingerprint density at radius 3 is 2.82 bits per heavy atom. The number of aryl methyl sites for hydroxylation is 2. The van der Waals surface area contributed by atoms with Crippen molar-refractivity contribution >= 4 is 5.84 Å². The van der Waals surface area contributed by atoms with Crippen molar-refractivity contribution in [2.24, 2.45) is 10.9 Å². The van der Waals surface area contributed by atoms with Gasteiger partial charge in [0, 0.05) is 13.1 Å². The summed E-state index contributed by atoms with van der Waals surface area (Å²) in [6.45, 7) is 8.99. The van der Waals surface area contributed by atoms with Crippen LogP contribution in [0.15, 0.2) is 11.2 Å². The molecule has 0 fully saturated rings. The summed E-state index contributed by atoms with van der Waals surface area (Å²) in [6, 6.07) is 2.07. The molecule has 0 aliphatic rings. The van der Waals surface area contributed by atoms with Crippen molar-refractivity contribution in [2.75, 3.05) is 13.1 Å². The summed E-state index contributed by atoms with van der Waals surface area (Å²) < 4.78 is 1.98. The van der Waals surface area contributed by atoms with Gasteiger partial charge in [0.05, 0.1) is 17.9 Å². The second-order valence-corrected chi connectivity index (χ2v) is 3.99. The van der Waals surface area contributed by atoms with Gasteiger partial charge in [-0.1, -0.05) is 12.1 Å². The quantitative estimate of drug-likeness (QED) is 0.333. The van der Waals surface area contributed by atoms with E-state index in [4.69, 9.17) is 10.9 Å². The third kappa shape index (κ3) is 3.74. The minimum atomic E-state index is 0.228. The Morgan fingerprint density at radius 2 is 2.29 bits per heavy atom. The van der Waals surface area contributed by atoms with Crippen LogP contribution in [0.5, 0.6) is 0 Å². The molecular weight excluding hydrogens is 218 g/mol. The summed E-state index contributed by atoms with van der Waals surface area (Å²) in [4.78, 5) is 2.09. The fourth-order valence-electron chi connectivity index (χ4n) is 1.77. The molecule has 0 spiro atoms. The van der Waals surface area contributed by atoms with E-state index in [1.165, 1.54) is 0 Å². The molecule has 0 radical (unpaired) electrons. The molecule has 1 heterocycles. The van der Waals surface area contributed by atoms with E-state index < -0.39 is 0 Å². The number of hydrogen-bond acceptors (Lipinski definition) is 4. The molecular formula is C11H21N5O. The summed E-state index contributed by atoms with van der Waals surface area (Å²) in [7, 11) is 0.